The SMILES string of the molecule is CNc1c(Cl)cc(C[C@@H](NC(=O)N2CCC(N3Cc4cscc4NC3=O)CC2)C(=O)N2CCC(N3CCN(C)CC3)CC2)cc1C(F)(F)F. The summed E-state index contributed by atoms with van der Waals surface area (Å²) >= 11 is 7.83. The van der Waals surface area contributed by atoms with Crippen molar-refractivity contribution in [2.24, 2.45) is 0 Å². The van der Waals surface area contributed by atoms with E-state index < -0.39 is 23.8 Å². The molecule has 0 saturated carbocycles. The quantitative estimate of drug-likeness (QED) is 0.378. The highest BCUT2D eigenvalue weighted by Crippen LogP contribution is 2.40. The van der Waals surface area contributed by atoms with Gasteiger partial charge in [-0.3, -0.25) is 9.69 Å². The number of halogens is 4. The molecule has 2 aromatic rings. The minimum Gasteiger partial charge on any atom is -0.386 e. The molecule has 4 aliphatic heterocycles. The van der Waals surface area contributed by atoms with Gasteiger partial charge in [-0.05, 0) is 55.8 Å². The number of rotatable bonds is 7. The Balaban J connectivity index is 1.14. The third-order valence-electron chi connectivity index (χ3n) is 10.3. The topological polar surface area (TPSA) is 103 Å². The molecule has 16 heteroatoms. The van der Waals surface area contributed by atoms with Crippen LogP contribution in [0.25, 0.3) is 0 Å². The number of piperidine rings is 2. The van der Waals surface area contributed by atoms with E-state index in [4.69, 9.17) is 11.6 Å². The molecule has 0 unspecified atom stereocenters. The van der Waals surface area contributed by atoms with Gasteiger partial charge in [-0.25, -0.2) is 9.59 Å². The highest BCUT2D eigenvalue weighted by Gasteiger charge is 2.38. The van der Waals surface area contributed by atoms with Crippen molar-refractivity contribution in [3.8, 4) is 0 Å². The molecule has 11 nitrogen and oxygen atoms in total. The van der Waals surface area contributed by atoms with Crippen molar-refractivity contribution in [2.45, 2.75) is 63.0 Å². The molecule has 5 amide bonds. The first kappa shape index (κ1) is 35.6. The second-order valence-corrected chi connectivity index (χ2v) is 14.6. The van der Waals surface area contributed by atoms with Crippen LogP contribution in [0.3, 0.4) is 0 Å². The van der Waals surface area contributed by atoms with Crippen LogP contribution in [0.2, 0.25) is 5.02 Å². The third-order valence-corrected chi connectivity index (χ3v) is 11.4. The number of carbonyl (C=O) groups is 3. The fourth-order valence-electron chi connectivity index (χ4n) is 7.47. The Hall–Kier alpha value is -3.27. The molecule has 0 spiro atoms. The van der Waals surface area contributed by atoms with E-state index in [2.05, 4.69) is 32.8 Å². The van der Waals surface area contributed by atoms with E-state index in [1.165, 1.54) is 24.5 Å². The van der Waals surface area contributed by atoms with Gasteiger partial charge in [0.2, 0.25) is 5.91 Å². The maximum absolute atomic E-state index is 14.1. The van der Waals surface area contributed by atoms with Gasteiger partial charge < -0.3 is 35.6 Å². The largest absolute Gasteiger partial charge is 0.418 e. The van der Waals surface area contributed by atoms with Gasteiger partial charge in [0.05, 0.1) is 28.5 Å². The van der Waals surface area contributed by atoms with Gasteiger partial charge in [0.25, 0.3) is 0 Å². The predicted molar refractivity (Wildman–Crippen MR) is 184 cm³/mol. The van der Waals surface area contributed by atoms with E-state index in [1.807, 2.05) is 10.8 Å². The van der Waals surface area contributed by atoms with E-state index >= 15 is 0 Å². The number of nitrogens with zero attached hydrogens (tertiary/aromatic N) is 5. The van der Waals surface area contributed by atoms with Crippen LogP contribution < -0.4 is 16.0 Å². The molecule has 268 valence electrons. The van der Waals surface area contributed by atoms with Gasteiger partial charge in [0.15, 0.2) is 0 Å². The summed E-state index contributed by atoms with van der Waals surface area (Å²) in [4.78, 5) is 50.4. The number of thiophene rings is 1. The molecule has 1 atom stereocenters. The summed E-state index contributed by atoms with van der Waals surface area (Å²) in [5.41, 5.74) is 0.935. The lowest BCUT2D eigenvalue weighted by Crippen LogP contribution is -2.58. The summed E-state index contributed by atoms with van der Waals surface area (Å²) < 4.78 is 42.0. The first-order valence-corrected chi connectivity index (χ1v) is 18.2. The van der Waals surface area contributed by atoms with Crippen molar-refractivity contribution in [1.29, 1.82) is 0 Å². The summed E-state index contributed by atoms with van der Waals surface area (Å²) in [5.74, 6) is -0.320. The number of urea groups is 2. The molecule has 1 aromatic carbocycles. The van der Waals surface area contributed by atoms with Crippen LogP contribution in [0.15, 0.2) is 22.9 Å². The molecule has 3 saturated heterocycles. The van der Waals surface area contributed by atoms with Gasteiger partial charge in [-0.1, -0.05) is 11.6 Å². The van der Waals surface area contributed by atoms with Crippen molar-refractivity contribution < 1.29 is 27.6 Å². The maximum Gasteiger partial charge on any atom is 0.418 e. The maximum atomic E-state index is 14.1. The normalized spacial score (nSPS) is 20.9. The van der Waals surface area contributed by atoms with Crippen LogP contribution in [-0.4, -0.2) is 127 Å². The van der Waals surface area contributed by atoms with Crippen molar-refractivity contribution in [3.63, 3.8) is 0 Å². The van der Waals surface area contributed by atoms with Gasteiger partial charge in [-0.2, -0.15) is 13.2 Å². The molecule has 3 fully saturated rings. The lowest BCUT2D eigenvalue weighted by atomic mass is 9.98. The Bertz CT molecular complexity index is 1520. The van der Waals surface area contributed by atoms with Gasteiger partial charge in [0, 0.05) is 88.9 Å². The molecular formula is C33H44ClF3N8O3S. The molecule has 0 bridgehead atoms. The number of carbonyl (C=O) groups excluding carboxylic acids is 3. The van der Waals surface area contributed by atoms with Gasteiger partial charge >= 0.3 is 18.2 Å². The highest BCUT2D eigenvalue weighted by atomic mass is 35.5. The number of alkyl halides is 3. The average Bonchev–Trinajstić information content (AvgIpc) is 3.54. The fourth-order valence-corrected chi connectivity index (χ4v) is 8.58. The molecule has 5 heterocycles. The average molecular weight is 725 g/mol. The van der Waals surface area contributed by atoms with Crippen LogP contribution in [0.5, 0.6) is 0 Å². The van der Waals surface area contributed by atoms with Crippen molar-refractivity contribution >= 4 is 52.3 Å². The van der Waals surface area contributed by atoms with E-state index in [1.54, 1.807) is 14.7 Å². The number of likely N-dealkylation sites (N-methyl/N-ethyl adjacent to an activating group) is 1. The van der Waals surface area contributed by atoms with E-state index in [9.17, 15) is 27.6 Å². The number of anilines is 2. The molecule has 0 radical (unpaired) electrons. The van der Waals surface area contributed by atoms with Crippen LogP contribution in [-0.2, 0) is 23.9 Å². The number of benzene rings is 1. The lowest BCUT2D eigenvalue weighted by molar-refractivity contribution is -0.137. The zero-order valence-corrected chi connectivity index (χ0v) is 29.4. The zero-order chi connectivity index (χ0) is 34.9. The number of hydrogen-bond donors (Lipinski definition) is 3. The zero-order valence-electron chi connectivity index (χ0n) is 27.8. The van der Waals surface area contributed by atoms with Crippen LogP contribution >= 0.6 is 22.9 Å². The van der Waals surface area contributed by atoms with Crippen LogP contribution in [0.1, 0.15) is 42.4 Å². The Morgan fingerprint density at radius 3 is 2.29 bits per heavy atom. The Morgan fingerprint density at radius 2 is 1.63 bits per heavy atom. The summed E-state index contributed by atoms with van der Waals surface area (Å²) in [6.45, 7) is 6.22. The smallest absolute Gasteiger partial charge is 0.386 e. The monoisotopic (exact) mass is 724 g/mol. The number of piperazine rings is 1. The van der Waals surface area contributed by atoms with E-state index in [0.29, 0.717) is 51.6 Å². The molecule has 6 rings (SSSR count). The van der Waals surface area contributed by atoms with Crippen LogP contribution in [0, 0.1) is 0 Å². The van der Waals surface area contributed by atoms with Gasteiger partial charge in [-0.15, -0.1) is 11.3 Å². The van der Waals surface area contributed by atoms with E-state index in [0.717, 1.165) is 56.3 Å². The number of nitrogens with one attached hydrogen (secondary N) is 3. The summed E-state index contributed by atoms with van der Waals surface area (Å²) in [6, 6.07) is 1.03. The number of likely N-dealkylation sites (tertiary alicyclic amines) is 2. The Labute approximate surface area is 293 Å². The second kappa shape index (κ2) is 14.9. The van der Waals surface area contributed by atoms with Crippen molar-refractivity contribution in [2.75, 3.05) is 77.1 Å². The van der Waals surface area contributed by atoms with Crippen molar-refractivity contribution in [3.05, 3.63) is 44.6 Å². The minimum atomic E-state index is -4.67. The first-order valence-electron chi connectivity index (χ1n) is 16.9. The first-order chi connectivity index (χ1) is 23.4. The second-order valence-electron chi connectivity index (χ2n) is 13.4. The Morgan fingerprint density at radius 1 is 0.980 bits per heavy atom. The molecule has 49 heavy (non-hydrogen) atoms. The highest BCUT2D eigenvalue weighted by molar-refractivity contribution is 7.08. The predicted octanol–water partition coefficient (Wildman–Crippen LogP) is 4.83. The Kier molecular flexibility index (Phi) is 10.8. The summed E-state index contributed by atoms with van der Waals surface area (Å²) in [7, 11) is 3.48. The van der Waals surface area contributed by atoms with Gasteiger partial charge in [0.1, 0.15) is 6.04 Å². The summed E-state index contributed by atoms with van der Waals surface area (Å²) in [5, 5.41) is 12.2. The number of fused-ring (bicyclic) bond motifs is 1. The minimum absolute atomic E-state index is 0.0512. The number of hydrogen-bond acceptors (Lipinski definition) is 7. The molecule has 0 aliphatic carbocycles. The standard InChI is InChI=1S/C33H44ClF3N8O3S/c1-38-29-25(33(35,36)37)15-21(16-26(29)34)17-27(30(46)43-7-3-23(4-8-43)42-13-11-41(2)12-14-42)39-31(47)44-9-5-24(6-10-44)45-18-22-19-49-20-28(22)40-32(45)48/h15-16,19-20,23-24,27,38H,3-14,17-18H2,1-2H3,(H,39,47)(H,40,48)/t27-/m1/s1. The molecule has 4 aliphatic rings. The fraction of sp³-hybridized carbons (Fsp3) is 0.606. The van der Waals surface area contributed by atoms with Crippen LogP contribution in [0.4, 0.5) is 34.1 Å². The lowest BCUT2D eigenvalue weighted by Gasteiger charge is -2.43. The molecular weight excluding hydrogens is 681 g/mol. The third kappa shape index (κ3) is 8.05. The molecule has 1 aromatic heterocycles. The van der Waals surface area contributed by atoms with Crippen molar-refractivity contribution in [1.82, 2.24) is 29.8 Å². The molecule has 3 N–H and O–H groups in total. The summed E-state index contributed by atoms with van der Waals surface area (Å²) in [6.07, 6.45) is -2.11. The van der Waals surface area contributed by atoms with E-state index in [-0.39, 0.29) is 40.7 Å². The number of amides is 5.